The Morgan fingerprint density at radius 2 is 1.93 bits per heavy atom. The van der Waals surface area contributed by atoms with Crippen LogP contribution in [0.2, 0.25) is 0 Å². The monoisotopic (exact) mass is 198 g/mol. The van der Waals surface area contributed by atoms with Crippen molar-refractivity contribution in [2.24, 2.45) is 5.73 Å². The van der Waals surface area contributed by atoms with Crippen LogP contribution in [0.3, 0.4) is 0 Å². The first kappa shape index (κ1) is 13.7. The minimum absolute atomic E-state index is 0.371. The summed E-state index contributed by atoms with van der Waals surface area (Å²) in [6.45, 7) is 11.5. The molecule has 0 aliphatic rings. The van der Waals surface area contributed by atoms with E-state index in [9.17, 15) is 0 Å². The van der Waals surface area contributed by atoms with Gasteiger partial charge in [-0.15, -0.1) is 6.58 Å². The summed E-state index contributed by atoms with van der Waals surface area (Å²) < 4.78 is 0. The maximum Gasteiger partial charge on any atom is 0.00511 e. The smallest absolute Gasteiger partial charge is 0.00511 e. The molecule has 14 heavy (non-hydrogen) atoms. The molecule has 2 heteroatoms. The van der Waals surface area contributed by atoms with E-state index >= 15 is 0 Å². The highest BCUT2D eigenvalue weighted by Crippen LogP contribution is 2.03. The van der Waals surface area contributed by atoms with E-state index in [2.05, 4.69) is 25.3 Å². The fourth-order valence-corrected chi connectivity index (χ4v) is 1.56. The Morgan fingerprint density at radius 1 is 1.29 bits per heavy atom. The highest BCUT2D eigenvalue weighted by molar-refractivity contribution is 4.70. The summed E-state index contributed by atoms with van der Waals surface area (Å²) in [6, 6.07) is 0.371. The minimum Gasteiger partial charge on any atom is -0.328 e. The number of unbranched alkanes of at least 4 members (excludes halogenated alkanes) is 1. The number of nitrogens with zero attached hydrogens (tertiary/aromatic N) is 1. The first-order valence-corrected chi connectivity index (χ1v) is 5.83. The molecule has 0 aromatic heterocycles. The molecule has 0 bridgehead atoms. The molecule has 2 nitrogen and oxygen atoms in total. The Labute approximate surface area is 89.2 Å². The van der Waals surface area contributed by atoms with Gasteiger partial charge in [-0.2, -0.15) is 0 Å². The Hall–Kier alpha value is -0.340. The van der Waals surface area contributed by atoms with Gasteiger partial charge in [0.05, 0.1) is 0 Å². The highest BCUT2D eigenvalue weighted by atomic mass is 15.1. The molecule has 0 saturated carbocycles. The van der Waals surface area contributed by atoms with Gasteiger partial charge in [-0.05, 0) is 45.3 Å². The molecular weight excluding hydrogens is 172 g/mol. The van der Waals surface area contributed by atoms with Crippen LogP contribution in [0.4, 0.5) is 0 Å². The van der Waals surface area contributed by atoms with Gasteiger partial charge >= 0.3 is 0 Å². The van der Waals surface area contributed by atoms with E-state index in [4.69, 9.17) is 5.73 Å². The predicted molar refractivity (Wildman–Crippen MR) is 64.4 cm³/mol. The third-order valence-corrected chi connectivity index (χ3v) is 2.69. The van der Waals surface area contributed by atoms with Crippen molar-refractivity contribution < 1.29 is 0 Å². The van der Waals surface area contributed by atoms with Crippen LogP contribution in [0.25, 0.3) is 0 Å². The lowest BCUT2D eigenvalue weighted by Gasteiger charge is -2.20. The zero-order valence-corrected chi connectivity index (χ0v) is 9.84. The summed E-state index contributed by atoms with van der Waals surface area (Å²) in [7, 11) is 0. The summed E-state index contributed by atoms with van der Waals surface area (Å²) in [5.41, 5.74) is 6.01. The molecule has 0 rings (SSSR count). The lowest BCUT2D eigenvalue weighted by Crippen LogP contribution is -2.30. The molecule has 1 unspecified atom stereocenters. The molecule has 0 saturated heterocycles. The molecule has 0 amide bonds. The molecule has 1 atom stereocenters. The highest BCUT2D eigenvalue weighted by Gasteiger charge is 2.04. The molecule has 0 fully saturated rings. The summed E-state index contributed by atoms with van der Waals surface area (Å²) in [6.07, 6.45) is 6.51. The number of allylic oxidation sites excluding steroid dienone is 1. The maximum absolute atomic E-state index is 6.01. The van der Waals surface area contributed by atoms with Crippen molar-refractivity contribution in [3.63, 3.8) is 0 Å². The largest absolute Gasteiger partial charge is 0.328 e. The average Bonchev–Trinajstić information content (AvgIpc) is 2.20. The van der Waals surface area contributed by atoms with E-state index < -0.39 is 0 Å². The van der Waals surface area contributed by atoms with E-state index in [1.54, 1.807) is 0 Å². The van der Waals surface area contributed by atoms with Crippen LogP contribution in [-0.2, 0) is 0 Å². The lowest BCUT2D eigenvalue weighted by atomic mass is 10.1. The third-order valence-electron chi connectivity index (χ3n) is 2.69. The molecule has 2 N–H and O–H groups in total. The van der Waals surface area contributed by atoms with Crippen molar-refractivity contribution in [3.8, 4) is 0 Å². The van der Waals surface area contributed by atoms with Crippen LogP contribution < -0.4 is 5.73 Å². The number of hydrogen-bond acceptors (Lipinski definition) is 2. The van der Waals surface area contributed by atoms with Crippen LogP contribution in [0.1, 0.15) is 39.5 Å². The van der Waals surface area contributed by atoms with Gasteiger partial charge in [0.2, 0.25) is 0 Å². The molecule has 0 spiro atoms. The molecular formula is C12H26N2. The van der Waals surface area contributed by atoms with E-state index in [-0.39, 0.29) is 0 Å². The minimum atomic E-state index is 0.371. The van der Waals surface area contributed by atoms with Crippen LogP contribution in [0.5, 0.6) is 0 Å². The maximum atomic E-state index is 6.01. The zero-order chi connectivity index (χ0) is 10.8. The first-order chi connectivity index (χ1) is 6.74. The van der Waals surface area contributed by atoms with Crippen molar-refractivity contribution in [1.29, 1.82) is 0 Å². The Bertz CT molecular complexity index is 130. The average molecular weight is 198 g/mol. The van der Waals surface area contributed by atoms with Crippen LogP contribution in [-0.4, -0.2) is 30.6 Å². The number of hydrogen-bond donors (Lipinski definition) is 1. The molecule has 0 aromatic rings. The van der Waals surface area contributed by atoms with Crippen LogP contribution >= 0.6 is 0 Å². The first-order valence-electron chi connectivity index (χ1n) is 5.83. The second-order valence-corrected chi connectivity index (χ2v) is 3.80. The normalized spacial score (nSPS) is 13.1. The van der Waals surface area contributed by atoms with E-state index in [0.717, 1.165) is 38.9 Å². The lowest BCUT2D eigenvalue weighted by molar-refractivity contribution is 0.287. The van der Waals surface area contributed by atoms with E-state index in [0.29, 0.717) is 6.04 Å². The van der Waals surface area contributed by atoms with Gasteiger partial charge in [-0.25, -0.2) is 0 Å². The summed E-state index contributed by atoms with van der Waals surface area (Å²) in [5, 5.41) is 0. The predicted octanol–water partition coefficient (Wildman–Crippen LogP) is 2.40. The van der Waals surface area contributed by atoms with Gasteiger partial charge in [0.25, 0.3) is 0 Å². The van der Waals surface area contributed by atoms with Gasteiger partial charge < -0.3 is 10.6 Å². The van der Waals surface area contributed by atoms with Crippen LogP contribution in [0.15, 0.2) is 12.7 Å². The fourth-order valence-electron chi connectivity index (χ4n) is 1.56. The second kappa shape index (κ2) is 9.22. The van der Waals surface area contributed by atoms with Crippen molar-refractivity contribution in [2.45, 2.75) is 45.6 Å². The van der Waals surface area contributed by atoms with Crippen molar-refractivity contribution in [3.05, 3.63) is 12.7 Å². The molecule has 84 valence electrons. The quantitative estimate of drug-likeness (QED) is 0.455. The number of nitrogens with two attached hydrogens (primary N) is 1. The zero-order valence-electron chi connectivity index (χ0n) is 9.84. The number of rotatable bonds is 9. The summed E-state index contributed by atoms with van der Waals surface area (Å²) in [5.74, 6) is 0. The molecule has 0 heterocycles. The Kier molecular flexibility index (Phi) is 9.00. The second-order valence-electron chi connectivity index (χ2n) is 3.80. The van der Waals surface area contributed by atoms with Gasteiger partial charge in [-0.3, -0.25) is 0 Å². The van der Waals surface area contributed by atoms with Crippen molar-refractivity contribution in [1.82, 2.24) is 4.90 Å². The third kappa shape index (κ3) is 7.10. The standard InChI is InChI=1S/C12H26N2/c1-4-7-8-9-12(13)10-11-14(5-2)6-3/h4,12H,1,5-11,13H2,2-3H3. The molecule has 0 aliphatic carbocycles. The van der Waals surface area contributed by atoms with Crippen LogP contribution in [0, 0.1) is 0 Å². The SMILES string of the molecule is C=CCCCC(N)CCN(CC)CC. The molecule has 0 aliphatic heterocycles. The Balaban J connectivity index is 3.41. The van der Waals surface area contributed by atoms with E-state index in [1.807, 2.05) is 6.08 Å². The van der Waals surface area contributed by atoms with E-state index in [1.165, 1.54) is 6.42 Å². The Morgan fingerprint density at radius 3 is 2.43 bits per heavy atom. The fraction of sp³-hybridized carbons (Fsp3) is 0.833. The summed E-state index contributed by atoms with van der Waals surface area (Å²) in [4.78, 5) is 2.42. The molecule has 0 aromatic carbocycles. The van der Waals surface area contributed by atoms with Gasteiger partial charge in [0, 0.05) is 6.04 Å². The van der Waals surface area contributed by atoms with Gasteiger partial charge in [0.15, 0.2) is 0 Å². The van der Waals surface area contributed by atoms with Crippen molar-refractivity contribution >= 4 is 0 Å². The summed E-state index contributed by atoms with van der Waals surface area (Å²) >= 11 is 0. The van der Waals surface area contributed by atoms with Gasteiger partial charge in [-0.1, -0.05) is 19.9 Å². The van der Waals surface area contributed by atoms with Gasteiger partial charge in [0.1, 0.15) is 0 Å². The van der Waals surface area contributed by atoms with Crippen molar-refractivity contribution in [2.75, 3.05) is 19.6 Å². The molecule has 0 radical (unpaired) electrons. The topological polar surface area (TPSA) is 29.3 Å².